The molecule has 0 saturated carbocycles. The van der Waals surface area contributed by atoms with Gasteiger partial charge in [0.1, 0.15) is 17.3 Å². The summed E-state index contributed by atoms with van der Waals surface area (Å²) in [5.74, 6) is 1.68. The van der Waals surface area contributed by atoms with E-state index in [2.05, 4.69) is 17.4 Å². The Hall–Kier alpha value is -3.61. The van der Waals surface area contributed by atoms with Gasteiger partial charge in [0.2, 0.25) is 0 Å². The van der Waals surface area contributed by atoms with Crippen LogP contribution in [0.15, 0.2) is 66.5 Å². The second-order valence-electron chi connectivity index (χ2n) is 9.33. The fourth-order valence-corrected chi connectivity index (χ4v) is 5.46. The standard InChI is InChI=1S/C28H29FN2O4/c1-34-23-4-2-3-20(15-23)27(18-5-8-22(29)9-6-18)19-11-13-31(14-12-19)28(33)21-7-10-25-24(16-21)30-26(32)17-35-25/h2-5,7-10,15-16,18-19,27H,6,11-14,17H2,1H3,(H,30,32)/t18?,27-/m1/s1. The summed E-state index contributed by atoms with van der Waals surface area (Å²) in [6, 6.07) is 13.3. The zero-order valence-corrected chi connectivity index (χ0v) is 19.7. The smallest absolute Gasteiger partial charge is 0.262 e. The number of benzene rings is 2. The molecule has 2 aliphatic heterocycles. The van der Waals surface area contributed by atoms with Gasteiger partial charge in [0.15, 0.2) is 6.61 Å². The van der Waals surface area contributed by atoms with E-state index in [1.54, 1.807) is 37.5 Å². The highest BCUT2D eigenvalue weighted by Crippen LogP contribution is 2.43. The van der Waals surface area contributed by atoms with E-state index in [9.17, 15) is 14.0 Å². The maximum atomic E-state index is 13.7. The molecule has 0 radical (unpaired) electrons. The van der Waals surface area contributed by atoms with Crippen molar-refractivity contribution in [2.75, 3.05) is 32.1 Å². The third-order valence-electron chi connectivity index (χ3n) is 7.22. The number of fused-ring (bicyclic) bond motifs is 1. The topological polar surface area (TPSA) is 67.9 Å². The van der Waals surface area contributed by atoms with Crippen LogP contribution in [-0.4, -0.2) is 43.5 Å². The van der Waals surface area contributed by atoms with Gasteiger partial charge in [-0.25, -0.2) is 4.39 Å². The molecule has 2 amide bonds. The summed E-state index contributed by atoms with van der Waals surface area (Å²) in [6.45, 7) is 1.27. The van der Waals surface area contributed by atoms with Gasteiger partial charge in [-0.15, -0.1) is 0 Å². The number of halogens is 1. The van der Waals surface area contributed by atoms with Gasteiger partial charge in [-0.05, 0) is 85.1 Å². The van der Waals surface area contributed by atoms with E-state index in [0.717, 1.165) is 18.6 Å². The van der Waals surface area contributed by atoms with Gasteiger partial charge in [-0.2, -0.15) is 0 Å². The Labute approximate surface area is 204 Å². The average Bonchev–Trinajstić information content (AvgIpc) is 2.89. The molecule has 7 heteroatoms. The summed E-state index contributed by atoms with van der Waals surface area (Å²) < 4.78 is 24.6. The largest absolute Gasteiger partial charge is 0.497 e. The van der Waals surface area contributed by atoms with Crippen LogP contribution in [0.1, 0.15) is 41.1 Å². The van der Waals surface area contributed by atoms with Crippen LogP contribution in [-0.2, 0) is 4.79 Å². The zero-order chi connectivity index (χ0) is 24.4. The molecule has 1 fully saturated rings. The molecule has 2 heterocycles. The highest BCUT2D eigenvalue weighted by atomic mass is 19.1. The van der Waals surface area contributed by atoms with Gasteiger partial charge >= 0.3 is 0 Å². The first-order valence-corrected chi connectivity index (χ1v) is 12.1. The normalized spacial score (nSPS) is 20.9. The number of amides is 2. The van der Waals surface area contributed by atoms with Crippen molar-refractivity contribution in [3.05, 3.63) is 77.6 Å². The average molecular weight is 477 g/mol. The van der Waals surface area contributed by atoms with E-state index in [1.165, 1.54) is 5.56 Å². The van der Waals surface area contributed by atoms with Crippen molar-refractivity contribution in [2.45, 2.75) is 25.2 Å². The number of anilines is 1. The molecule has 2 aromatic rings. The number of allylic oxidation sites excluding steroid dienone is 4. The van der Waals surface area contributed by atoms with Gasteiger partial charge in [0, 0.05) is 18.7 Å². The first kappa shape index (κ1) is 23.1. The lowest BCUT2D eigenvalue weighted by Crippen LogP contribution is -2.40. The van der Waals surface area contributed by atoms with Crippen molar-refractivity contribution in [1.82, 2.24) is 4.90 Å². The molecule has 0 spiro atoms. The molecular formula is C28H29FN2O4. The van der Waals surface area contributed by atoms with Gasteiger partial charge in [0.25, 0.3) is 11.8 Å². The van der Waals surface area contributed by atoms with Gasteiger partial charge in [-0.1, -0.05) is 18.2 Å². The molecule has 0 bridgehead atoms. The van der Waals surface area contributed by atoms with Crippen molar-refractivity contribution in [3.63, 3.8) is 0 Å². The highest BCUT2D eigenvalue weighted by molar-refractivity contribution is 5.99. The molecule has 1 unspecified atom stereocenters. The lowest BCUT2D eigenvalue weighted by Gasteiger charge is -2.39. The number of carbonyl (C=O) groups is 2. The van der Waals surface area contributed by atoms with Crippen molar-refractivity contribution < 1.29 is 23.5 Å². The number of ether oxygens (including phenoxy) is 2. The molecule has 35 heavy (non-hydrogen) atoms. The molecule has 182 valence electrons. The first-order chi connectivity index (χ1) is 17.0. The van der Waals surface area contributed by atoms with Crippen LogP contribution >= 0.6 is 0 Å². The number of methoxy groups -OCH3 is 1. The predicted molar refractivity (Wildman–Crippen MR) is 131 cm³/mol. The number of likely N-dealkylation sites (tertiary alicyclic amines) is 1. The molecule has 3 aliphatic rings. The second-order valence-corrected chi connectivity index (χ2v) is 9.33. The van der Waals surface area contributed by atoms with Gasteiger partial charge in [0.05, 0.1) is 12.8 Å². The molecule has 1 saturated heterocycles. The number of nitrogens with one attached hydrogen (secondary N) is 1. The fourth-order valence-electron chi connectivity index (χ4n) is 5.46. The summed E-state index contributed by atoms with van der Waals surface area (Å²) in [7, 11) is 1.66. The van der Waals surface area contributed by atoms with Crippen LogP contribution in [0.4, 0.5) is 10.1 Å². The van der Waals surface area contributed by atoms with Crippen molar-refractivity contribution in [3.8, 4) is 11.5 Å². The van der Waals surface area contributed by atoms with E-state index in [1.807, 2.05) is 23.1 Å². The third kappa shape index (κ3) is 4.94. The number of hydrogen-bond donors (Lipinski definition) is 1. The number of nitrogens with zero attached hydrogens (tertiary/aromatic N) is 1. The lowest BCUT2D eigenvalue weighted by molar-refractivity contribution is -0.118. The maximum Gasteiger partial charge on any atom is 0.262 e. The third-order valence-corrected chi connectivity index (χ3v) is 7.22. The SMILES string of the molecule is COc1cccc([C@H](C2C=CC(F)=CC2)C2CCN(C(=O)c3ccc4c(c3)NC(=O)CO4)CC2)c1. The Morgan fingerprint density at radius 3 is 2.77 bits per heavy atom. The number of piperidine rings is 1. The van der Waals surface area contributed by atoms with Gasteiger partial charge < -0.3 is 19.7 Å². The molecule has 6 nitrogen and oxygen atoms in total. The summed E-state index contributed by atoms with van der Waals surface area (Å²) in [4.78, 5) is 26.8. The lowest BCUT2D eigenvalue weighted by atomic mass is 9.71. The van der Waals surface area contributed by atoms with Crippen LogP contribution < -0.4 is 14.8 Å². The van der Waals surface area contributed by atoms with E-state index < -0.39 is 0 Å². The van der Waals surface area contributed by atoms with Crippen molar-refractivity contribution in [2.24, 2.45) is 11.8 Å². The molecule has 0 aromatic heterocycles. The molecule has 2 atom stereocenters. The fraction of sp³-hybridized carbons (Fsp3) is 0.357. The van der Waals surface area contributed by atoms with Crippen molar-refractivity contribution in [1.29, 1.82) is 0 Å². The minimum absolute atomic E-state index is 0.0130. The highest BCUT2D eigenvalue weighted by Gasteiger charge is 2.34. The summed E-state index contributed by atoms with van der Waals surface area (Å²) >= 11 is 0. The van der Waals surface area contributed by atoms with E-state index in [-0.39, 0.29) is 36.1 Å². The second kappa shape index (κ2) is 9.94. The molecule has 1 aliphatic carbocycles. The van der Waals surface area contributed by atoms with Crippen LogP contribution in [0.2, 0.25) is 0 Å². The van der Waals surface area contributed by atoms with E-state index in [4.69, 9.17) is 9.47 Å². The van der Waals surface area contributed by atoms with E-state index >= 15 is 0 Å². The minimum atomic E-state index is -0.224. The van der Waals surface area contributed by atoms with Crippen molar-refractivity contribution >= 4 is 17.5 Å². The summed E-state index contributed by atoms with van der Waals surface area (Å²) in [6.07, 6.45) is 7.59. The maximum absolute atomic E-state index is 13.7. The molecule has 5 rings (SSSR count). The van der Waals surface area contributed by atoms with Gasteiger partial charge in [-0.3, -0.25) is 9.59 Å². The molecule has 2 aromatic carbocycles. The van der Waals surface area contributed by atoms with E-state index in [0.29, 0.717) is 42.4 Å². The number of carbonyl (C=O) groups excluding carboxylic acids is 2. The number of rotatable bonds is 5. The van der Waals surface area contributed by atoms with Crippen LogP contribution in [0.5, 0.6) is 11.5 Å². The van der Waals surface area contributed by atoms with Crippen LogP contribution in [0.25, 0.3) is 0 Å². The zero-order valence-electron chi connectivity index (χ0n) is 19.7. The Morgan fingerprint density at radius 1 is 1.20 bits per heavy atom. The number of hydrogen-bond acceptors (Lipinski definition) is 4. The monoisotopic (exact) mass is 476 g/mol. The Morgan fingerprint density at radius 2 is 2.03 bits per heavy atom. The minimum Gasteiger partial charge on any atom is -0.497 e. The Kier molecular flexibility index (Phi) is 6.57. The summed E-state index contributed by atoms with van der Waals surface area (Å²) in [5.41, 5.74) is 2.25. The molecule has 1 N–H and O–H groups in total. The Balaban J connectivity index is 1.31. The molecular weight excluding hydrogens is 447 g/mol. The van der Waals surface area contributed by atoms with Crippen LogP contribution in [0.3, 0.4) is 0 Å². The Bertz CT molecular complexity index is 1180. The quantitative estimate of drug-likeness (QED) is 0.653. The predicted octanol–water partition coefficient (Wildman–Crippen LogP) is 5.09. The van der Waals surface area contributed by atoms with Crippen LogP contribution in [0, 0.1) is 11.8 Å². The summed E-state index contributed by atoms with van der Waals surface area (Å²) in [5, 5.41) is 2.76. The first-order valence-electron chi connectivity index (χ1n) is 12.1.